The van der Waals surface area contributed by atoms with Crippen molar-refractivity contribution in [2.45, 2.75) is 315 Å². The highest BCUT2D eigenvalue weighted by Crippen LogP contribution is 2.35. The molecule has 12 rings (SSSR count). The van der Waals surface area contributed by atoms with Crippen LogP contribution in [-0.2, 0) is 70.3 Å². The predicted octanol–water partition coefficient (Wildman–Crippen LogP) is 21.5. The van der Waals surface area contributed by atoms with Crippen LogP contribution in [0.25, 0.3) is 0 Å². The zero-order valence-corrected chi connectivity index (χ0v) is 89.5. The molecule has 148 heavy (non-hydrogen) atoms. The van der Waals surface area contributed by atoms with Crippen LogP contribution < -0.4 is 21.3 Å². The fourth-order valence-electron chi connectivity index (χ4n) is 16.9. The summed E-state index contributed by atoms with van der Waals surface area (Å²) in [6, 6.07) is 76.6. The molecule has 0 radical (unpaired) electrons. The standard InChI is InChI=1S/C32H41N3O4.C30H41N3O4.C30H39N3O4.C28H37N3O4/c1-7-32(5,6)28(37)26-21-33-29(34-26)24(18-22-14-10-8-11-15-22)20-27(36)25(19-23-16-12-9-13-17-23)35-30(38)39-31(2,3)4;2*1-20(2)27(35)25-19-31-28(32-25)23(16-21-12-8-6-9-13-21)18-26(34)24(17-22-14-10-7-11-15-22)33-29(36)37-30(3,4)5;1-19(32)24-18-29-26(30-24)22(15-20-11-7-5-8-12-20)17-25(33)23(16-21-13-9-6-10-14-21)31-27(34)35-28(2,3)4/h7-17,21,24-25,27,36H,1,18-20H2,2-6H3,(H,33,34)(H,35,38);6-15,19-20,23-24,26-27,34-35H,16-18H2,1-5H3,(H,31,32)(H,33,36);6-15,19-20,23-24,26,34H,16-18H2,1-5H3,(H,31,32)(H,33,36);5-14,18-19,22-23,25,32-33H,15-17H2,1-4H3,(H,29,30)(H,31,34)/t24-,25+,27+;23-,24+,26+,27?;23-,24+,26+;19?,22-,23+,25+/m1111/s1. The van der Waals surface area contributed by atoms with Gasteiger partial charge in [-0.2, -0.15) is 0 Å². The Kier molecular flexibility index (Phi) is 45.2. The SMILES string of the molecule is C=CC(C)(C)C(=O)c1cnc([C@H](Cc2ccccc2)C[C@H](O)[C@H](Cc2ccccc2)NC(=O)OC(C)(C)C)[nH]1.CC(C)C(=O)c1cnc([C@H](Cc2ccccc2)C[C@H](O)[C@H](Cc2ccccc2)NC(=O)OC(C)(C)C)[nH]1.CC(C)C(O)c1cnc([C@H](Cc2ccccc2)C[C@H](O)[C@H](Cc2ccccc2)NC(=O)OC(C)(C)C)[nH]1.CC(O)c1cnc([C@H](Cc2ccccc2)C[C@H](O)[C@H](Cc2ccccc2)NC(=O)OC(C)(C)C)[nH]1. The van der Waals surface area contributed by atoms with E-state index >= 15 is 0 Å². The Morgan fingerprint density at radius 3 is 0.750 bits per heavy atom. The monoisotopic (exact) mass is 2020 g/mol. The van der Waals surface area contributed by atoms with E-state index in [4.69, 9.17) is 18.9 Å². The number of ether oxygens (including phenoxy) is 4. The Morgan fingerprint density at radius 1 is 0.311 bits per heavy atom. The maximum absolute atomic E-state index is 13.0. The number of benzene rings is 8. The Hall–Kier alpha value is -13.5. The quantitative estimate of drug-likeness (QED) is 0.00958. The molecule has 28 heteroatoms. The highest BCUT2D eigenvalue weighted by molar-refractivity contribution is 5.99. The van der Waals surface area contributed by atoms with Gasteiger partial charge in [0.2, 0.25) is 0 Å². The summed E-state index contributed by atoms with van der Waals surface area (Å²) in [5, 5.41) is 77.9. The number of aliphatic hydroxyl groups excluding tert-OH is 6. The number of ketones is 2. The van der Waals surface area contributed by atoms with Crippen molar-refractivity contribution in [2.24, 2.45) is 17.3 Å². The second kappa shape index (κ2) is 56.6. The summed E-state index contributed by atoms with van der Waals surface area (Å²) < 4.78 is 21.9. The maximum atomic E-state index is 13.0. The molecule has 12 aromatic rings. The molecule has 4 heterocycles. The third-order valence-electron chi connectivity index (χ3n) is 24.8. The number of nitrogens with zero attached hydrogens (tertiary/aromatic N) is 4. The lowest BCUT2D eigenvalue weighted by Crippen LogP contribution is -2.47. The molecule has 0 saturated heterocycles. The van der Waals surface area contributed by atoms with Gasteiger partial charge < -0.3 is 90.8 Å². The molecule has 0 saturated carbocycles. The zero-order valence-electron chi connectivity index (χ0n) is 89.5. The fourth-order valence-corrected chi connectivity index (χ4v) is 16.9. The highest BCUT2D eigenvalue weighted by atomic mass is 16.6. The van der Waals surface area contributed by atoms with Crippen molar-refractivity contribution in [2.75, 3.05) is 0 Å². The zero-order chi connectivity index (χ0) is 108. The van der Waals surface area contributed by atoms with Crippen LogP contribution in [0, 0.1) is 17.3 Å². The van der Waals surface area contributed by atoms with E-state index in [2.05, 4.69) is 67.7 Å². The molecule has 0 fully saturated rings. The maximum Gasteiger partial charge on any atom is 0.407 e. The number of carbonyl (C=O) groups excluding carboxylic acids is 6. The fraction of sp³-hybridized carbons (Fsp3) is 0.433. The average molecular weight is 2020 g/mol. The molecular formula is C120H158N12O16. The molecule has 2 unspecified atom stereocenters. The Labute approximate surface area is 873 Å². The molecule has 28 nitrogen and oxygen atoms in total. The second-order valence-electron chi connectivity index (χ2n) is 43.5. The van der Waals surface area contributed by atoms with E-state index in [9.17, 15) is 59.4 Å². The summed E-state index contributed by atoms with van der Waals surface area (Å²) in [4.78, 5) is 107. The summed E-state index contributed by atoms with van der Waals surface area (Å²) in [5.74, 6) is 1.66. The van der Waals surface area contributed by atoms with Gasteiger partial charge in [0.1, 0.15) is 57.1 Å². The average Bonchev–Trinajstić information content (AvgIpc) is 1.66. The first-order valence-electron chi connectivity index (χ1n) is 51.3. The van der Waals surface area contributed by atoms with Gasteiger partial charge in [-0.3, -0.25) is 9.59 Å². The largest absolute Gasteiger partial charge is 0.444 e. The van der Waals surface area contributed by atoms with Crippen molar-refractivity contribution < 1.29 is 78.4 Å². The van der Waals surface area contributed by atoms with Crippen molar-refractivity contribution >= 4 is 35.9 Å². The summed E-state index contributed by atoms with van der Waals surface area (Å²) in [6.07, 6.45) is 6.51. The number of H-pyrrole nitrogens is 4. The topological polar surface area (TPSA) is 424 Å². The van der Waals surface area contributed by atoms with Gasteiger partial charge in [0, 0.05) is 35.0 Å². The number of hydrogen-bond acceptors (Lipinski definition) is 20. The van der Waals surface area contributed by atoms with Gasteiger partial charge in [-0.25, -0.2) is 39.1 Å². The summed E-state index contributed by atoms with van der Waals surface area (Å²) >= 11 is 0. The molecule has 0 spiro atoms. The Balaban J connectivity index is 0.000000219. The summed E-state index contributed by atoms with van der Waals surface area (Å²) in [6.45, 7) is 38.4. The van der Waals surface area contributed by atoms with E-state index in [1.54, 1.807) is 79.3 Å². The molecule has 0 aliphatic heterocycles. The van der Waals surface area contributed by atoms with Crippen LogP contribution in [0.2, 0.25) is 0 Å². The normalized spacial score (nSPS) is 14.6. The van der Waals surface area contributed by atoms with Crippen molar-refractivity contribution in [1.29, 1.82) is 0 Å². The molecule has 794 valence electrons. The highest BCUT2D eigenvalue weighted by Gasteiger charge is 2.37. The third-order valence-corrected chi connectivity index (χ3v) is 24.8. The van der Waals surface area contributed by atoms with Crippen LogP contribution in [0.5, 0.6) is 0 Å². The van der Waals surface area contributed by atoms with Crippen LogP contribution in [0.4, 0.5) is 19.2 Å². The number of rotatable bonds is 44. The van der Waals surface area contributed by atoms with Crippen molar-refractivity contribution in [1.82, 2.24) is 61.1 Å². The van der Waals surface area contributed by atoms with Crippen molar-refractivity contribution in [3.63, 3.8) is 0 Å². The van der Waals surface area contributed by atoms with Gasteiger partial charge >= 0.3 is 24.4 Å². The molecule has 8 aromatic carbocycles. The molecule has 4 aromatic heterocycles. The van der Waals surface area contributed by atoms with Gasteiger partial charge in [-0.1, -0.05) is 276 Å². The number of allylic oxidation sites excluding steroid dienone is 1. The first kappa shape index (κ1) is 118. The minimum Gasteiger partial charge on any atom is -0.444 e. The summed E-state index contributed by atoms with van der Waals surface area (Å²) in [7, 11) is 0. The number of imidazole rings is 4. The van der Waals surface area contributed by atoms with Gasteiger partial charge in [0.25, 0.3) is 0 Å². The van der Waals surface area contributed by atoms with Crippen molar-refractivity contribution in [3.8, 4) is 0 Å². The molecule has 4 amide bonds. The van der Waals surface area contributed by atoms with E-state index in [0.717, 1.165) is 44.5 Å². The van der Waals surface area contributed by atoms with Gasteiger partial charge in [0.15, 0.2) is 11.6 Å². The predicted molar refractivity (Wildman–Crippen MR) is 580 cm³/mol. The van der Waals surface area contributed by atoms with Gasteiger partial charge in [-0.15, -0.1) is 6.58 Å². The number of amides is 4. The summed E-state index contributed by atoms with van der Waals surface area (Å²) in [5.41, 5.74) is 7.15. The van der Waals surface area contributed by atoms with Gasteiger partial charge in [0.05, 0.1) is 97.0 Å². The minimum atomic E-state index is -0.916. The van der Waals surface area contributed by atoms with E-state index in [1.165, 1.54) is 0 Å². The number of nitrogens with one attached hydrogen (secondary N) is 8. The van der Waals surface area contributed by atoms with E-state index in [1.807, 2.05) is 326 Å². The number of aromatic nitrogens is 8. The number of hydrogen-bond donors (Lipinski definition) is 14. The lowest BCUT2D eigenvalue weighted by molar-refractivity contribution is 0.0396. The number of aliphatic hydroxyl groups is 6. The molecule has 14 N–H and O–H groups in total. The molecule has 0 aliphatic rings. The lowest BCUT2D eigenvalue weighted by atomic mass is 9.87. The van der Waals surface area contributed by atoms with Crippen LogP contribution in [-0.4, -0.2) is 177 Å². The van der Waals surface area contributed by atoms with Crippen LogP contribution in [0.1, 0.15) is 293 Å². The number of alkyl carbamates (subject to hydrolysis) is 4. The number of carbonyl (C=O) groups is 6. The number of aromatic amines is 4. The van der Waals surface area contributed by atoms with E-state index < -0.39 is 113 Å². The van der Waals surface area contributed by atoms with Crippen molar-refractivity contribution in [3.05, 3.63) is 371 Å². The minimum absolute atomic E-state index is 0.00805. The smallest absolute Gasteiger partial charge is 0.407 e. The molecular weight excluding hydrogens is 1870 g/mol. The van der Waals surface area contributed by atoms with Crippen LogP contribution in [0.3, 0.4) is 0 Å². The molecule has 14 atom stereocenters. The van der Waals surface area contributed by atoms with E-state index in [0.29, 0.717) is 123 Å². The Morgan fingerprint density at radius 2 is 0.527 bits per heavy atom. The molecule has 0 aliphatic carbocycles. The van der Waals surface area contributed by atoms with Crippen LogP contribution >= 0.6 is 0 Å². The van der Waals surface area contributed by atoms with E-state index in [-0.39, 0.29) is 47.1 Å². The Bertz CT molecular complexity index is 5960. The van der Waals surface area contributed by atoms with Crippen LogP contribution in [0.15, 0.2) is 280 Å². The first-order valence-corrected chi connectivity index (χ1v) is 51.3. The first-order chi connectivity index (χ1) is 70.0. The second-order valence-corrected chi connectivity index (χ2v) is 43.5. The lowest BCUT2D eigenvalue weighted by Gasteiger charge is -2.29. The third kappa shape index (κ3) is 41.3. The molecule has 0 bridgehead atoms. The number of Topliss-reactive ketones (excluding diaryl/α,β-unsaturated/α-hetero) is 2. The van der Waals surface area contributed by atoms with Gasteiger partial charge in [-0.05, 0) is 231 Å².